The molecular weight excluding hydrogens is 338 g/mol. The number of carbonyl (C=O) groups is 1. The van der Waals surface area contributed by atoms with Crippen molar-refractivity contribution >= 4 is 33.6 Å². The molecule has 0 aliphatic heterocycles. The predicted molar refractivity (Wildman–Crippen MR) is 87.8 cm³/mol. The van der Waals surface area contributed by atoms with E-state index in [0.717, 1.165) is 41.1 Å². The van der Waals surface area contributed by atoms with Gasteiger partial charge >= 0.3 is 0 Å². The zero-order valence-corrected chi connectivity index (χ0v) is 14.4. The van der Waals surface area contributed by atoms with Crippen molar-refractivity contribution in [2.45, 2.75) is 43.7 Å². The topological polar surface area (TPSA) is 68.0 Å². The highest BCUT2D eigenvalue weighted by Crippen LogP contribution is 2.21. The van der Waals surface area contributed by atoms with Crippen LogP contribution < -0.4 is 11.1 Å². The van der Waals surface area contributed by atoms with Gasteiger partial charge in [-0.05, 0) is 66.5 Å². The van der Waals surface area contributed by atoms with Crippen LogP contribution >= 0.6 is 27.7 Å². The minimum absolute atomic E-state index is 0.280. The number of halogens is 1. The monoisotopic (exact) mass is 359 g/mol. The molecule has 1 aromatic rings. The summed E-state index contributed by atoms with van der Waals surface area (Å²) in [6, 6.07) is 3.96. The Kier molecular flexibility index (Phi) is 7.55. The molecular formula is C14H22BrN3OS. The Morgan fingerprint density at radius 3 is 2.85 bits per heavy atom. The first-order chi connectivity index (χ1) is 9.48. The van der Waals surface area contributed by atoms with Gasteiger partial charge in [-0.1, -0.05) is 6.92 Å². The second kappa shape index (κ2) is 8.64. The number of thioether (sulfide) groups is 1. The molecule has 1 aromatic heterocycles. The van der Waals surface area contributed by atoms with Gasteiger partial charge in [-0.15, -0.1) is 11.8 Å². The summed E-state index contributed by atoms with van der Waals surface area (Å²) < 4.78 is 0.979. The maximum atomic E-state index is 11.6. The van der Waals surface area contributed by atoms with E-state index in [1.54, 1.807) is 18.0 Å². The third-order valence-electron chi connectivity index (χ3n) is 3.08. The molecule has 0 bridgehead atoms. The Labute approximate surface area is 133 Å². The van der Waals surface area contributed by atoms with E-state index >= 15 is 0 Å². The fraction of sp³-hybridized carbons (Fsp3) is 0.571. The lowest BCUT2D eigenvalue weighted by atomic mass is 9.95. The van der Waals surface area contributed by atoms with Crippen molar-refractivity contribution in [3.63, 3.8) is 0 Å². The molecule has 4 nitrogen and oxygen atoms in total. The van der Waals surface area contributed by atoms with Crippen LogP contribution in [0.1, 0.15) is 33.1 Å². The summed E-state index contributed by atoms with van der Waals surface area (Å²) >= 11 is 5.06. The van der Waals surface area contributed by atoms with Crippen molar-refractivity contribution in [2.24, 2.45) is 5.73 Å². The minimum Gasteiger partial charge on any atom is -0.368 e. The molecule has 0 aromatic carbocycles. The van der Waals surface area contributed by atoms with Crippen LogP contribution in [0, 0.1) is 0 Å². The highest BCUT2D eigenvalue weighted by Gasteiger charge is 2.29. The van der Waals surface area contributed by atoms with Crippen molar-refractivity contribution in [3.8, 4) is 0 Å². The third kappa shape index (κ3) is 5.81. The van der Waals surface area contributed by atoms with Crippen LogP contribution in [-0.2, 0) is 4.79 Å². The first-order valence-electron chi connectivity index (χ1n) is 6.77. The first-order valence-corrected chi connectivity index (χ1v) is 8.55. The molecule has 0 saturated carbocycles. The number of amides is 1. The number of hydrogen-bond donors (Lipinski definition) is 2. The molecule has 0 aliphatic rings. The zero-order valence-electron chi connectivity index (χ0n) is 12.0. The summed E-state index contributed by atoms with van der Waals surface area (Å²) in [4.78, 5) is 15.9. The van der Waals surface area contributed by atoms with Crippen LogP contribution in [0.2, 0.25) is 0 Å². The maximum absolute atomic E-state index is 11.6. The normalized spacial score (nSPS) is 13.9. The van der Waals surface area contributed by atoms with Crippen LogP contribution in [0.5, 0.6) is 0 Å². The van der Waals surface area contributed by atoms with Gasteiger partial charge in [0.25, 0.3) is 0 Å². The molecule has 0 fully saturated rings. The van der Waals surface area contributed by atoms with E-state index in [9.17, 15) is 4.79 Å². The molecule has 20 heavy (non-hydrogen) atoms. The summed E-state index contributed by atoms with van der Waals surface area (Å²) in [6.45, 7) is 4.76. The molecule has 0 spiro atoms. The van der Waals surface area contributed by atoms with Gasteiger partial charge < -0.3 is 11.1 Å². The molecule has 0 radical (unpaired) electrons. The lowest BCUT2D eigenvalue weighted by Crippen LogP contribution is -2.53. The zero-order chi connectivity index (χ0) is 15.0. The number of primary amides is 1. The van der Waals surface area contributed by atoms with Gasteiger partial charge in [0.2, 0.25) is 5.91 Å². The summed E-state index contributed by atoms with van der Waals surface area (Å²) in [6.07, 6.45) is 4.43. The van der Waals surface area contributed by atoms with Gasteiger partial charge in [-0.25, -0.2) is 4.98 Å². The highest BCUT2D eigenvalue weighted by atomic mass is 79.9. The predicted octanol–water partition coefficient (Wildman–Crippen LogP) is 2.96. The second-order valence-electron chi connectivity index (χ2n) is 4.89. The van der Waals surface area contributed by atoms with Crippen LogP contribution in [0.15, 0.2) is 27.8 Å². The summed E-state index contributed by atoms with van der Waals surface area (Å²) in [5.74, 6) is 0.642. The van der Waals surface area contributed by atoms with Crippen LogP contribution in [0.3, 0.4) is 0 Å². The van der Waals surface area contributed by atoms with E-state index < -0.39 is 5.54 Å². The molecule has 0 aliphatic carbocycles. The number of hydrogen-bond acceptors (Lipinski definition) is 4. The standard InChI is InChI=1S/C14H22BrN3OS/c1-3-8-18-14(2,13(16)19)7-4-9-20-12-6-5-11(15)10-17-12/h5-6,10,18H,3-4,7-9H2,1-2H3,(H2,16,19). The lowest BCUT2D eigenvalue weighted by Gasteiger charge is -2.27. The third-order valence-corrected chi connectivity index (χ3v) is 4.58. The summed E-state index contributed by atoms with van der Waals surface area (Å²) in [7, 11) is 0. The SMILES string of the molecule is CCCNC(C)(CCCSc1ccc(Br)cn1)C(N)=O. The van der Waals surface area contributed by atoms with Gasteiger partial charge in [0.1, 0.15) is 0 Å². The number of aromatic nitrogens is 1. The summed E-state index contributed by atoms with van der Waals surface area (Å²) in [5, 5.41) is 4.24. The molecule has 1 unspecified atom stereocenters. The highest BCUT2D eigenvalue weighted by molar-refractivity contribution is 9.10. The molecule has 0 saturated heterocycles. The van der Waals surface area contributed by atoms with E-state index in [1.165, 1.54) is 0 Å². The number of rotatable bonds is 9. The number of nitrogens with one attached hydrogen (secondary N) is 1. The van der Waals surface area contributed by atoms with Crippen LogP contribution in [0.25, 0.3) is 0 Å². The van der Waals surface area contributed by atoms with E-state index in [2.05, 4.69) is 33.2 Å². The minimum atomic E-state index is -0.607. The van der Waals surface area contributed by atoms with Crippen LogP contribution in [0.4, 0.5) is 0 Å². The average molecular weight is 360 g/mol. The fourth-order valence-corrected chi connectivity index (χ4v) is 2.77. The fourth-order valence-electron chi connectivity index (χ4n) is 1.75. The Balaban J connectivity index is 2.37. The summed E-state index contributed by atoms with van der Waals surface area (Å²) in [5.41, 5.74) is 4.89. The van der Waals surface area contributed by atoms with Gasteiger partial charge in [-0.3, -0.25) is 4.79 Å². The molecule has 6 heteroatoms. The van der Waals surface area contributed by atoms with E-state index in [-0.39, 0.29) is 5.91 Å². The number of nitrogens with two attached hydrogens (primary N) is 1. The van der Waals surface area contributed by atoms with Crippen LogP contribution in [-0.4, -0.2) is 28.7 Å². The Morgan fingerprint density at radius 2 is 2.30 bits per heavy atom. The Morgan fingerprint density at radius 1 is 1.55 bits per heavy atom. The number of pyridine rings is 1. The maximum Gasteiger partial charge on any atom is 0.237 e. The number of carbonyl (C=O) groups excluding carboxylic acids is 1. The Bertz CT molecular complexity index is 427. The first kappa shape index (κ1) is 17.5. The van der Waals surface area contributed by atoms with Crippen molar-refractivity contribution in [1.82, 2.24) is 10.3 Å². The number of nitrogens with zero attached hydrogens (tertiary/aromatic N) is 1. The molecule has 1 atom stereocenters. The van der Waals surface area contributed by atoms with Crippen molar-refractivity contribution in [3.05, 3.63) is 22.8 Å². The largest absolute Gasteiger partial charge is 0.368 e. The Hall–Kier alpha value is -0.590. The van der Waals surface area contributed by atoms with E-state index in [4.69, 9.17) is 5.73 Å². The average Bonchev–Trinajstić information content (AvgIpc) is 2.43. The van der Waals surface area contributed by atoms with E-state index in [0.29, 0.717) is 0 Å². The molecule has 3 N–H and O–H groups in total. The van der Waals surface area contributed by atoms with Crippen molar-refractivity contribution in [2.75, 3.05) is 12.3 Å². The molecule has 1 amide bonds. The lowest BCUT2D eigenvalue weighted by molar-refractivity contribution is -0.124. The molecule has 112 valence electrons. The quantitative estimate of drug-likeness (QED) is 0.525. The smallest absolute Gasteiger partial charge is 0.237 e. The van der Waals surface area contributed by atoms with E-state index in [1.807, 2.05) is 19.1 Å². The van der Waals surface area contributed by atoms with Crippen molar-refractivity contribution < 1.29 is 4.79 Å². The van der Waals surface area contributed by atoms with Gasteiger partial charge in [-0.2, -0.15) is 0 Å². The van der Waals surface area contributed by atoms with Gasteiger partial charge in [0, 0.05) is 10.7 Å². The molecule has 1 heterocycles. The van der Waals surface area contributed by atoms with Crippen molar-refractivity contribution in [1.29, 1.82) is 0 Å². The molecule has 1 rings (SSSR count). The van der Waals surface area contributed by atoms with Gasteiger partial charge in [0.05, 0.1) is 10.6 Å². The second-order valence-corrected chi connectivity index (χ2v) is 6.92. The van der Waals surface area contributed by atoms with Gasteiger partial charge in [0.15, 0.2) is 0 Å².